The number of ether oxygens (including phenoxy) is 4. The van der Waals surface area contributed by atoms with E-state index in [1.54, 1.807) is 28.4 Å². The van der Waals surface area contributed by atoms with E-state index in [2.05, 4.69) is 29.5 Å². The Balaban J connectivity index is 1.61. The summed E-state index contributed by atoms with van der Waals surface area (Å²) in [6.07, 6.45) is 2.21. The maximum Gasteiger partial charge on any atom is 0.191 e. The molecule has 7 nitrogen and oxygen atoms in total. The van der Waals surface area contributed by atoms with E-state index >= 15 is 0 Å². The summed E-state index contributed by atoms with van der Waals surface area (Å²) < 4.78 is 22.3. The average molecular weight is 392 g/mol. The van der Waals surface area contributed by atoms with Gasteiger partial charge in [0.25, 0.3) is 0 Å². The fraction of sp³-hybridized carbons (Fsp3) is 0.667. The first-order valence-electron chi connectivity index (χ1n) is 9.84. The Labute approximate surface area is 167 Å². The number of methoxy groups -OCH3 is 3. The number of fused-ring (bicyclic) bond motifs is 1. The average Bonchev–Trinajstić information content (AvgIpc) is 3.17. The number of benzene rings is 1. The Morgan fingerprint density at radius 1 is 1.18 bits per heavy atom. The van der Waals surface area contributed by atoms with E-state index in [-0.39, 0.29) is 5.41 Å². The highest BCUT2D eigenvalue weighted by atomic mass is 16.5. The van der Waals surface area contributed by atoms with Crippen LogP contribution >= 0.6 is 0 Å². The van der Waals surface area contributed by atoms with Crippen LogP contribution in [0.25, 0.3) is 0 Å². The molecule has 0 bridgehead atoms. The molecule has 1 aliphatic heterocycles. The van der Waals surface area contributed by atoms with E-state index in [9.17, 15) is 0 Å². The zero-order valence-electron chi connectivity index (χ0n) is 17.8. The molecule has 0 radical (unpaired) electrons. The first-order valence-corrected chi connectivity index (χ1v) is 9.84. The zero-order chi connectivity index (χ0) is 20.3. The van der Waals surface area contributed by atoms with E-state index in [0.717, 1.165) is 42.5 Å². The minimum atomic E-state index is 0.112. The highest BCUT2D eigenvalue weighted by molar-refractivity contribution is 5.80. The molecule has 7 heteroatoms. The molecule has 1 heterocycles. The summed E-state index contributed by atoms with van der Waals surface area (Å²) >= 11 is 0. The standard InChI is InChI=1S/C21H33N3O4/c1-21(2)18(15-8-10-28-19(15)21)24-20(22-3)23-9-7-14-16(26-5)11-13(25-4)12-17(14)27-6/h11-12,15,18-19H,7-10H2,1-6H3,(H2,22,23,24). The lowest BCUT2D eigenvalue weighted by atomic mass is 9.57. The molecule has 1 saturated heterocycles. The van der Waals surface area contributed by atoms with Gasteiger partial charge in [-0.3, -0.25) is 4.99 Å². The molecule has 2 N–H and O–H groups in total. The number of nitrogens with zero attached hydrogens (tertiary/aromatic N) is 1. The summed E-state index contributed by atoms with van der Waals surface area (Å²) in [6, 6.07) is 4.13. The van der Waals surface area contributed by atoms with Crippen LogP contribution in [0.5, 0.6) is 17.2 Å². The summed E-state index contributed by atoms with van der Waals surface area (Å²) in [7, 11) is 6.75. The van der Waals surface area contributed by atoms with Gasteiger partial charge in [0.15, 0.2) is 5.96 Å². The molecule has 2 aliphatic rings. The van der Waals surface area contributed by atoms with E-state index in [1.807, 2.05) is 12.1 Å². The van der Waals surface area contributed by atoms with Crippen LogP contribution in [0.1, 0.15) is 25.8 Å². The van der Waals surface area contributed by atoms with Gasteiger partial charge in [0.05, 0.1) is 27.4 Å². The largest absolute Gasteiger partial charge is 0.496 e. The van der Waals surface area contributed by atoms with Gasteiger partial charge in [0, 0.05) is 55.3 Å². The van der Waals surface area contributed by atoms with Gasteiger partial charge < -0.3 is 29.6 Å². The molecular weight excluding hydrogens is 358 g/mol. The Kier molecular flexibility index (Phi) is 6.23. The van der Waals surface area contributed by atoms with Crippen LogP contribution in [-0.4, -0.2) is 59.6 Å². The highest BCUT2D eigenvalue weighted by Gasteiger charge is 2.59. The van der Waals surface area contributed by atoms with Crippen molar-refractivity contribution in [2.45, 2.75) is 38.8 Å². The van der Waals surface area contributed by atoms with Crippen LogP contribution in [0.4, 0.5) is 0 Å². The predicted molar refractivity (Wildman–Crippen MR) is 110 cm³/mol. The SMILES string of the molecule is CN=C(NCCc1c(OC)cc(OC)cc1OC)NC1C2CCOC2C1(C)C. The quantitative estimate of drug-likeness (QED) is 0.549. The van der Waals surface area contributed by atoms with E-state index in [1.165, 1.54) is 0 Å². The number of rotatable bonds is 7. The summed E-state index contributed by atoms with van der Waals surface area (Å²) in [5.74, 6) is 3.60. The number of guanidine groups is 1. The fourth-order valence-electron chi connectivity index (χ4n) is 4.59. The molecule has 2 fully saturated rings. The molecule has 3 rings (SSSR count). The predicted octanol–water partition coefficient (Wildman–Crippen LogP) is 2.23. The van der Waals surface area contributed by atoms with Crippen LogP contribution in [0.2, 0.25) is 0 Å². The minimum Gasteiger partial charge on any atom is -0.496 e. The molecule has 0 amide bonds. The van der Waals surface area contributed by atoms with E-state index in [0.29, 0.717) is 30.4 Å². The van der Waals surface area contributed by atoms with Crippen molar-refractivity contribution in [3.8, 4) is 17.2 Å². The summed E-state index contributed by atoms with van der Waals surface area (Å²) in [4.78, 5) is 4.40. The van der Waals surface area contributed by atoms with Crippen molar-refractivity contribution in [1.82, 2.24) is 10.6 Å². The molecular formula is C21H33N3O4. The van der Waals surface area contributed by atoms with E-state index in [4.69, 9.17) is 18.9 Å². The highest BCUT2D eigenvalue weighted by Crippen LogP contribution is 2.52. The van der Waals surface area contributed by atoms with Crippen molar-refractivity contribution < 1.29 is 18.9 Å². The third-order valence-corrected chi connectivity index (χ3v) is 6.10. The molecule has 1 aromatic carbocycles. The smallest absolute Gasteiger partial charge is 0.191 e. The lowest BCUT2D eigenvalue weighted by molar-refractivity contribution is -0.106. The number of aliphatic imine (C=N–C) groups is 1. The van der Waals surface area contributed by atoms with Crippen LogP contribution in [0, 0.1) is 11.3 Å². The zero-order valence-corrected chi connectivity index (χ0v) is 17.8. The minimum absolute atomic E-state index is 0.112. The number of hydrogen-bond donors (Lipinski definition) is 2. The maximum atomic E-state index is 5.88. The Bertz CT molecular complexity index is 695. The van der Waals surface area contributed by atoms with Crippen molar-refractivity contribution in [1.29, 1.82) is 0 Å². The van der Waals surface area contributed by atoms with Gasteiger partial charge in [-0.25, -0.2) is 0 Å². The van der Waals surface area contributed by atoms with Crippen molar-refractivity contribution >= 4 is 5.96 Å². The van der Waals surface area contributed by atoms with Gasteiger partial charge in [0.1, 0.15) is 17.2 Å². The first kappa shape index (κ1) is 20.6. The van der Waals surface area contributed by atoms with Gasteiger partial charge in [0.2, 0.25) is 0 Å². The third kappa shape index (κ3) is 3.72. The molecule has 3 unspecified atom stereocenters. The Morgan fingerprint density at radius 3 is 2.43 bits per heavy atom. The summed E-state index contributed by atoms with van der Waals surface area (Å²) in [6.45, 7) is 6.09. The van der Waals surface area contributed by atoms with Crippen molar-refractivity contribution in [2.24, 2.45) is 16.3 Å². The van der Waals surface area contributed by atoms with Gasteiger partial charge in [-0.1, -0.05) is 13.8 Å². The second-order valence-electron chi connectivity index (χ2n) is 7.95. The maximum absolute atomic E-state index is 5.88. The van der Waals surface area contributed by atoms with Gasteiger partial charge in [-0.05, 0) is 12.8 Å². The normalized spacial score (nSPS) is 25.5. The number of nitrogens with one attached hydrogen (secondary N) is 2. The fourth-order valence-corrected chi connectivity index (χ4v) is 4.59. The molecule has 1 saturated carbocycles. The lowest BCUT2D eigenvalue weighted by Gasteiger charge is -2.54. The Hall–Kier alpha value is -2.15. The molecule has 0 aromatic heterocycles. The second-order valence-corrected chi connectivity index (χ2v) is 7.95. The number of hydrogen-bond acceptors (Lipinski definition) is 5. The van der Waals surface area contributed by atoms with Crippen molar-refractivity contribution in [3.05, 3.63) is 17.7 Å². The van der Waals surface area contributed by atoms with Crippen LogP contribution in [0.15, 0.2) is 17.1 Å². The van der Waals surface area contributed by atoms with Gasteiger partial charge >= 0.3 is 0 Å². The van der Waals surface area contributed by atoms with Gasteiger partial charge in [-0.15, -0.1) is 0 Å². The molecule has 28 heavy (non-hydrogen) atoms. The van der Waals surface area contributed by atoms with Gasteiger partial charge in [-0.2, -0.15) is 0 Å². The molecule has 0 spiro atoms. The van der Waals surface area contributed by atoms with E-state index < -0.39 is 0 Å². The van der Waals surface area contributed by atoms with Crippen molar-refractivity contribution in [2.75, 3.05) is 41.5 Å². The second kappa shape index (κ2) is 8.47. The molecule has 3 atom stereocenters. The summed E-state index contributed by atoms with van der Waals surface area (Å²) in [5.41, 5.74) is 1.11. The third-order valence-electron chi connectivity index (χ3n) is 6.10. The first-order chi connectivity index (χ1) is 13.5. The lowest BCUT2D eigenvalue weighted by Crippen LogP contribution is -2.68. The molecule has 1 aliphatic carbocycles. The molecule has 156 valence electrons. The monoisotopic (exact) mass is 391 g/mol. The Morgan fingerprint density at radius 2 is 1.86 bits per heavy atom. The van der Waals surface area contributed by atoms with Crippen molar-refractivity contribution in [3.63, 3.8) is 0 Å². The summed E-state index contributed by atoms with van der Waals surface area (Å²) in [5, 5.41) is 7.02. The van der Waals surface area contributed by atoms with Crippen LogP contribution < -0.4 is 24.8 Å². The topological polar surface area (TPSA) is 73.3 Å². The molecule has 1 aromatic rings. The van der Waals surface area contributed by atoms with Crippen LogP contribution in [0.3, 0.4) is 0 Å². The van der Waals surface area contributed by atoms with Crippen LogP contribution in [-0.2, 0) is 11.2 Å².